The average Bonchev–Trinajstić information content (AvgIpc) is 2.39. The SMILES string of the molecule is CCCN(CCC)CCc1ccc(N)c(OC)c1O. The molecule has 0 amide bonds. The molecule has 0 aromatic heterocycles. The van der Waals surface area contributed by atoms with Crippen LogP contribution >= 0.6 is 0 Å². The number of nitrogens with zero attached hydrogens (tertiary/aromatic N) is 1. The molecule has 0 aliphatic carbocycles. The van der Waals surface area contributed by atoms with E-state index in [4.69, 9.17) is 10.5 Å². The minimum atomic E-state index is 0.176. The van der Waals surface area contributed by atoms with Crippen molar-refractivity contribution < 1.29 is 9.84 Å². The molecule has 0 fully saturated rings. The van der Waals surface area contributed by atoms with Crippen LogP contribution in [0.25, 0.3) is 0 Å². The molecule has 0 radical (unpaired) electrons. The zero-order valence-electron chi connectivity index (χ0n) is 12.3. The second-order valence-electron chi connectivity index (χ2n) is 4.79. The molecule has 0 atom stereocenters. The number of hydrogen-bond donors (Lipinski definition) is 2. The van der Waals surface area contributed by atoms with E-state index >= 15 is 0 Å². The molecule has 1 rings (SSSR count). The van der Waals surface area contributed by atoms with Gasteiger partial charge in [0.25, 0.3) is 0 Å². The second-order valence-corrected chi connectivity index (χ2v) is 4.79. The fraction of sp³-hybridized carbons (Fsp3) is 0.600. The van der Waals surface area contributed by atoms with Crippen LogP contribution in [0.1, 0.15) is 32.3 Å². The van der Waals surface area contributed by atoms with Crippen molar-refractivity contribution in [3.8, 4) is 11.5 Å². The summed E-state index contributed by atoms with van der Waals surface area (Å²) in [6.45, 7) is 7.52. The molecular formula is C15H26N2O2. The van der Waals surface area contributed by atoms with Crippen molar-refractivity contribution in [1.29, 1.82) is 0 Å². The van der Waals surface area contributed by atoms with Crippen molar-refractivity contribution in [2.45, 2.75) is 33.1 Å². The third-order valence-electron chi connectivity index (χ3n) is 3.23. The summed E-state index contributed by atoms with van der Waals surface area (Å²) in [5.41, 5.74) is 7.12. The molecule has 0 heterocycles. The maximum absolute atomic E-state index is 10.1. The van der Waals surface area contributed by atoms with E-state index in [1.807, 2.05) is 6.07 Å². The number of hydrogen-bond acceptors (Lipinski definition) is 4. The number of phenols is 1. The van der Waals surface area contributed by atoms with Crippen LogP contribution in [0.15, 0.2) is 12.1 Å². The van der Waals surface area contributed by atoms with Gasteiger partial charge in [-0.3, -0.25) is 0 Å². The summed E-state index contributed by atoms with van der Waals surface area (Å²) in [5, 5.41) is 10.1. The zero-order valence-corrected chi connectivity index (χ0v) is 12.3. The largest absolute Gasteiger partial charge is 0.504 e. The van der Waals surface area contributed by atoms with Crippen molar-refractivity contribution in [3.63, 3.8) is 0 Å². The second kappa shape index (κ2) is 7.89. The zero-order chi connectivity index (χ0) is 14.3. The molecule has 0 unspecified atom stereocenters. The topological polar surface area (TPSA) is 58.7 Å². The maximum atomic E-state index is 10.1. The van der Waals surface area contributed by atoms with Gasteiger partial charge in [0.2, 0.25) is 0 Å². The van der Waals surface area contributed by atoms with Crippen LogP contribution in [0.3, 0.4) is 0 Å². The number of aromatic hydroxyl groups is 1. The maximum Gasteiger partial charge on any atom is 0.183 e. The predicted molar refractivity (Wildman–Crippen MR) is 79.8 cm³/mol. The van der Waals surface area contributed by atoms with Gasteiger partial charge in [0.15, 0.2) is 11.5 Å². The van der Waals surface area contributed by atoms with E-state index in [2.05, 4.69) is 18.7 Å². The highest BCUT2D eigenvalue weighted by Gasteiger charge is 2.12. The monoisotopic (exact) mass is 266 g/mol. The van der Waals surface area contributed by atoms with Crippen LogP contribution in [-0.4, -0.2) is 36.8 Å². The number of anilines is 1. The van der Waals surface area contributed by atoms with Gasteiger partial charge in [-0.05, 0) is 44.0 Å². The first-order valence-corrected chi connectivity index (χ1v) is 7.00. The Bertz CT molecular complexity index is 388. The Labute approximate surface area is 116 Å². The number of phenolic OH excluding ortho intramolecular Hbond substituents is 1. The van der Waals surface area contributed by atoms with E-state index in [9.17, 15) is 5.11 Å². The molecular weight excluding hydrogens is 240 g/mol. The Balaban J connectivity index is 2.71. The summed E-state index contributed by atoms with van der Waals surface area (Å²) in [5.74, 6) is 0.561. The summed E-state index contributed by atoms with van der Waals surface area (Å²) in [6.07, 6.45) is 3.11. The Morgan fingerprint density at radius 3 is 2.32 bits per heavy atom. The predicted octanol–water partition coefficient (Wildman–Crippen LogP) is 2.65. The Morgan fingerprint density at radius 1 is 1.16 bits per heavy atom. The van der Waals surface area contributed by atoms with E-state index in [1.54, 1.807) is 6.07 Å². The lowest BCUT2D eigenvalue weighted by atomic mass is 10.1. The number of nitrogens with two attached hydrogens (primary N) is 1. The highest BCUT2D eigenvalue weighted by molar-refractivity contribution is 5.62. The van der Waals surface area contributed by atoms with Gasteiger partial charge in [-0.15, -0.1) is 0 Å². The Hall–Kier alpha value is -1.42. The van der Waals surface area contributed by atoms with Crippen molar-refractivity contribution >= 4 is 5.69 Å². The number of rotatable bonds is 8. The highest BCUT2D eigenvalue weighted by atomic mass is 16.5. The molecule has 4 nitrogen and oxygen atoms in total. The highest BCUT2D eigenvalue weighted by Crippen LogP contribution is 2.35. The van der Waals surface area contributed by atoms with Gasteiger partial charge in [0.05, 0.1) is 12.8 Å². The standard InChI is InChI=1S/C15H26N2O2/c1-4-9-17(10-5-2)11-8-12-6-7-13(16)15(19-3)14(12)18/h6-7,18H,4-5,8-11,16H2,1-3H3. The number of methoxy groups -OCH3 is 1. The first-order valence-electron chi connectivity index (χ1n) is 7.00. The van der Waals surface area contributed by atoms with Crippen molar-refractivity contribution in [2.24, 2.45) is 0 Å². The van der Waals surface area contributed by atoms with Gasteiger partial charge < -0.3 is 20.5 Å². The molecule has 0 saturated heterocycles. The average molecular weight is 266 g/mol. The molecule has 4 heteroatoms. The van der Waals surface area contributed by atoms with Gasteiger partial charge in [-0.1, -0.05) is 19.9 Å². The molecule has 1 aromatic carbocycles. The van der Waals surface area contributed by atoms with Gasteiger partial charge in [0, 0.05) is 6.54 Å². The number of ether oxygens (including phenoxy) is 1. The van der Waals surface area contributed by atoms with Gasteiger partial charge >= 0.3 is 0 Å². The summed E-state index contributed by atoms with van der Waals surface area (Å²) in [6, 6.07) is 3.67. The normalized spacial score (nSPS) is 10.9. The van der Waals surface area contributed by atoms with Crippen molar-refractivity contribution in [1.82, 2.24) is 4.90 Å². The molecule has 0 spiro atoms. The first kappa shape index (κ1) is 15.6. The van der Waals surface area contributed by atoms with E-state index in [1.165, 1.54) is 7.11 Å². The fourth-order valence-electron chi connectivity index (χ4n) is 2.29. The number of benzene rings is 1. The molecule has 0 aliphatic rings. The summed E-state index contributed by atoms with van der Waals surface area (Å²) >= 11 is 0. The minimum Gasteiger partial charge on any atom is -0.504 e. The quantitative estimate of drug-likeness (QED) is 0.710. The van der Waals surface area contributed by atoms with Crippen LogP contribution in [-0.2, 0) is 6.42 Å². The van der Waals surface area contributed by atoms with Gasteiger partial charge in [-0.2, -0.15) is 0 Å². The molecule has 19 heavy (non-hydrogen) atoms. The first-order chi connectivity index (χ1) is 9.13. The minimum absolute atomic E-state index is 0.176. The van der Waals surface area contributed by atoms with E-state index in [0.717, 1.165) is 44.5 Å². The van der Waals surface area contributed by atoms with Crippen LogP contribution in [0.2, 0.25) is 0 Å². The van der Waals surface area contributed by atoms with Crippen molar-refractivity contribution in [2.75, 3.05) is 32.5 Å². The molecule has 0 aliphatic heterocycles. The Kier molecular flexibility index (Phi) is 6.50. The number of nitrogen functional groups attached to an aromatic ring is 1. The molecule has 1 aromatic rings. The lowest BCUT2D eigenvalue weighted by Crippen LogP contribution is -2.27. The van der Waals surface area contributed by atoms with E-state index in [-0.39, 0.29) is 5.75 Å². The third-order valence-corrected chi connectivity index (χ3v) is 3.23. The molecule has 0 bridgehead atoms. The van der Waals surface area contributed by atoms with E-state index < -0.39 is 0 Å². The van der Waals surface area contributed by atoms with Crippen LogP contribution in [0.5, 0.6) is 11.5 Å². The van der Waals surface area contributed by atoms with Crippen molar-refractivity contribution in [3.05, 3.63) is 17.7 Å². The lowest BCUT2D eigenvalue weighted by molar-refractivity contribution is 0.276. The summed E-state index contributed by atoms with van der Waals surface area (Å²) in [7, 11) is 1.52. The summed E-state index contributed by atoms with van der Waals surface area (Å²) < 4.78 is 5.13. The third kappa shape index (κ3) is 4.31. The van der Waals surface area contributed by atoms with E-state index in [0.29, 0.717) is 11.4 Å². The smallest absolute Gasteiger partial charge is 0.183 e. The fourth-order valence-corrected chi connectivity index (χ4v) is 2.29. The molecule has 108 valence electrons. The lowest BCUT2D eigenvalue weighted by Gasteiger charge is -2.21. The van der Waals surface area contributed by atoms with Gasteiger partial charge in [0.1, 0.15) is 0 Å². The summed E-state index contributed by atoms with van der Waals surface area (Å²) in [4.78, 5) is 2.42. The Morgan fingerprint density at radius 2 is 1.79 bits per heavy atom. The molecule has 3 N–H and O–H groups in total. The van der Waals surface area contributed by atoms with Gasteiger partial charge in [-0.25, -0.2) is 0 Å². The van der Waals surface area contributed by atoms with Crippen LogP contribution in [0.4, 0.5) is 5.69 Å². The van der Waals surface area contributed by atoms with Crippen LogP contribution < -0.4 is 10.5 Å². The molecule has 0 saturated carbocycles. The van der Waals surface area contributed by atoms with Crippen LogP contribution in [0, 0.1) is 0 Å².